The molecule has 0 bridgehead atoms. The maximum Gasteiger partial charge on any atom is 0.272 e. The number of carbonyl (C=O) groups excluding carboxylic acids is 2. The van der Waals surface area contributed by atoms with Crippen LogP contribution in [0.25, 0.3) is 0 Å². The molecule has 7 heteroatoms. The van der Waals surface area contributed by atoms with Crippen molar-refractivity contribution < 1.29 is 14.3 Å². The van der Waals surface area contributed by atoms with Gasteiger partial charge in [-0.05, 0) is 19.1 Å². The van der Waals surface area contributed by atoms with Gasteiger partial charge in [-0.25, -0.2) is 0 Å². The minimum Gasteiger partial charge on any atom is -0.383 e. The molecular formula is C14H22N4O3. The Balaban J connectivity index is 2.64. The number of methoxy groups -OCH3 is 1. The van der Waals surface area contributed by atoms with E-state index in [1.807, 2.05) is 0 Å². The van der Waals surface area contributed by atoms with E-state index in [4.69, 9.17) is 4.74 Å². The molecule has 1 atom stereocenters. The lowest BCUT2D eigenvalue weighted by molar-refractivity contribution is -0.121. The molecule has 0 fully saturated rings. The van der Waals surface area contributed by atoms with Crippen LogP contribution in [0.5, 0.6) is 0 Å². The van der Waals surface area contributed by atoms with Gasteiger partial charge in [0.05, 0.1) is 6.61 Å². The molecule has 7 nitrogen and oxygen atoms in total. The number of carbonyl (C=O) groups is 2. The lowest BCUT2D eigenvalue weighted by Gasteiger charge is -2.16. The fourth-order valence-corrected chi connectivity index (χ4v) is 1.61. The standard InChI is InChI=1S/C14H22N4O3/c1-10(13(19)16-7-8-21-4)17-11-5-6-15-12(9-11)14(20)18(2)3/h5-6,9-10H,7-8H2,1-4H3,(H,15,17)(H,16,19). The highest BCUT2D eigenvalue weighted by atomic mass is 16.5. The second-order valence-corrected chi connectivity index (χ2v) is 4.78. The summed E-state index contributed by atoms with van der Waals surface area (Å²) in [4.78, 5) is 29.1. The fraction of sp³-hybridized carbons (Fsp3) is 0.500. The zero-order valence-electron chi connectivity index (χ0n) is 12.8. The predicted molar refractivity (Wildman–Crippen MR) is 80.2 cm³/mol. The molecule has 2 N–H and O–H groups in total. The number of amides is 2. The van der Waals surface area contributed by atoms with Gasteiger partial charge in [0.25, 0.3) is 5.91 Å². The number of hydrogen-bond donors (Lipinski definition) is 2. The lowest BCUT2D eigenvalue weighted by atomic mass is 10.2. The number of pyridine rings is 1. The zero-order chi connectivity index (χ0) is 15.8. The predicted octanol–water partition coefficient (Wildman–Crippen LogP) is 0.346. The van der Waals surface area contributed by atoms with Crippen molar-refractivity contribution in [2.45, 2.75) is 13.0 Å². The average Bonchev–Trinajstić information content (AvgIpc) is 2.46. The van der Waals surface area contributed by atoms with Crippen molar-refractivity contribution in [1.82, 2.24) is 15.2 Å². The van der Waals surface area contributed by atoms with Crippen LogP contribution < -0.4 is 10.6 Å². The van der Waals surface area contributed by atoms with E-state index >= 15 is 0 Å². The van der Waals surface area contributed by atoms with Crippen LogP contribution >= 0.6 is 0 Å². The van der Waals surface area contributed by atoms with E-state index in [9.17, 15) is 9.59 Å². The van der Waals surface area contributed by atoms with Crippen LogP contribution in [-0.4, -0.2) is 62.1 Å². The highest BCUT2D eigenvalue weighted by Gasteiger charge is 2.14. The highest BCUT2D eigenvalue weighted by Crippen LogP contribution is 2.10. The summed E-state index contributed by atoms with van der Waals surface area (Å²) >= 11 is 0. The van der Waals surface area contributed by atoms with Crippen LogP contribution in [0.15, 0.2) is 18.3 Å². The van der Waals surface area contributed by atoms with Crippen LogP contribution in [-0.2, 0) is 9.53 Å². The summed E-state index contributed by atoms with van der Waals surface area (Å²) in [6.45, 7) is 2.67. The largest absolute Gasteiger partial charge is 0.383 e. The van der Waals surface area contributed by atoms with Crippen molar-refractivity contribution in [3.63, 3.8) is 0 Å². The number of aromatic nitrogens is 1. The molecular weight excluding hydrogens is 272 g/mol. The van der Waals surface area contributed by atoms with E-state index in [1.54, 1.807) is 40.3 Å². The molecule has 116 valence electrons. The molecule has 1 aromatic heterocycles. The van der Waals surface area contributed by atoms with Gasteiger partial charge >= 0.3 is 0 Å². The molecule has 0 saturated heterocycles. The van der Waals surface area contributed by atoms with Gasteiger partial charge in [-0.1, -0.05) is 0 Å². The Morgan fingerprint density at radius 1 is 1.43 bits per heavy atom. The van der Waals surface area contributed by atoms with E-state index in [0.717, 1.165) is 0 Å². The molecule has 0 aliphatic rings. The van der Waals surface area contributed by atoms with Crippen molar-refractivity contribution in [3.05, 3.63) is 24.0 Å². The van der Waals surface area contributed by atoms with E-state index < -0.39 is 6.04 Å². The molecule has 0 spiro atoms. The lowest BCUT2D eigenvalue weighted by Crippen LogP contribution is -2.39. The summed E-state index contributed by atoms with van der Waals surface area (Å²) < 4.78 is 4.87. The Kier molecular flexibility index (Phi) is 6.61. The first kappa shape index (κ1) is 16.9. The van der Waals surface area contributed by atoms with E-state index in [2.05, 4.69) is 15.6 Å². The molecule has 1 unspecified atom stereocenters. The number of nitrogens with one attached hydrogen (secondary N) is 2. The summed E-state index contributed by atoms with van der Waals surface area (Å²) in [7, 11) is 4.90. The second kappa shape index (κ2) is 8.21. The number of nitrogens with zero attached hydrogens (tertiary/aromatic N) is 2. The Morgan fingerprint density at radius 2 is 2.14 bits per heavy atom. The summed E-state index contributed by atoms with van der Waals surface area (Å²) in [5.74, 6) is -0.319. The van der Waals surface area contributed by atoms with Gasteiger partial charge in [0.2, 0.25) is 5.91 Å². The molecule has 21 heavy (non-hydrogen) atoms. The van der Waals surface area contributed by atoms with Crippen LogP contribution in [0.4, 0.5) is 5.69 Å². The van der Waals surface area contributed by atoms with Crippen molar-refractivity contribution in [1.29, 1.82) is 0 Å². The molecule has 1 rings (SSSR count). The summed E-state index contributed by atoms with van der Waals surface area (Å²) in [6, 6.07) is 2.92. The third-order valence-electron chi connectivity index (χ3n) is 2.77. The second-order valence-electron chi connectivity index (χ2n) is 4.78. The summed E-state index contributed by atoms with van der Waals surface area (Å²) in [5, 5.41) is 5.78. The maximum absolute atomic E-state index is 11.8. The molecule has 1 heterocycles. The third kappa shape index (κ3) is 5.39. The average molecular weight is 294 g/mol. The van der Waals surface area contributed by atoms with Crippen LogP contribution in [0.3, 0.4) is 0 Å². The molecule has 0 radical (unpaired) electrons. The first-order valence-corrected chi connectivity index (χ1v) is 6.66. The molecule has 0 saturated carbocycles. The van der Waals surface area contributed by atoms with E-state index in [-0.39, 0.29) is 11.8 Å². The monoisotopic (exact) mass is 294 g/mol. The molecule has 2 amide bonds. The Morgan fingerprint density at radius 3 is 2.76 bits per heavy atom. The first-order chi connectivity index (χ1) is 9.95. The van der Waals surface area contributed by atoms with Gasteiger partial charge < -0.3 is 20.3 Å². The topological polar surface area (TPSA) is 83.6 Å². The summed E-state index contributed by atoms with van der Waals surface area (Å²) in [6.07, 6.45) is 1.54. The van der Waals surface area contributed by atoms with Gasteiger partial charge in [0.15, 0.2) is 0 Å². The van der Waals surface area contributed by atoms with Gasteiger partial charge in [0.1, 0.15) is 11.7 Å². The van der Waals surface area contributed by atoms with Gasteiger partial charge in [-0.3, -0.25) is 14.6 Å². The number of anilines is 1. The van der Waals surface area contributed by atoms with Gasteiger partial charge in [0, 0.05) is 39.6 Å². The van der Waals surface area contributed by atoms with Crippen molar-refractivity contribution in [3.8, 4) is 0 Å². The smallest absolute Gasteiger partial charge is 0.272 e. The Bertz CT molecular complexity index is 491. The third-order valence-corrected chi connectivity index (χ3v) is 2.77. The van der Waals surface area contributed by atoms with Crippen molar-refractivity contribution in [2.24, 2.45) is 0 Å². The van der Waals surface area contributed by atoms with E-state index in [1.165, 1.54) is 11.1 Å². The van der Waals surface area contributed by atoms with Crippen molar-refractivity contribution in [2.75, 3.05) is 39.7 Å². The molecule has 0 aromatic carbocycles. The summed E-state index contributed by atoms with van der Waals surface area (Å²) in [5.41, 5.74) is 1.00. The highest BCUT2D eigenvalue weighted by molar-refractivity contribution is 5.93. The molecule has 1 aromatic rings. The normalized spacial score (nSPS) is 11.6. The first-order valence-electron chi connectivity index (χ1n) is 6.66. The molecule has 0 aliphatic heterocycles. The number of hydrogen-bond acceptors (Lipinski definition) is 5. The number of rotatable bonds is 7. The van der Waals surface area contributed by atoms with Gasteiger partial charge in [-0.15, -0.1) is 0 Å². The van der Waals surface area contributed by atoms with Crippen molar-refractivity contribution >= 4 is 17.5 Å². The Hall–Kier alpha value is -2.15. The maximum atomic E-state index is 11.8. The zero-order valence-corrected chi connectivity index (χ0v) is 12.8. The minimum atomic E-state index is -0.424. The van der Waals surface area contributed by atoms with Crippen LogP contribution in [0.2, 0.25) is 0 Å². The molecule has 0 aliphatic carbocycles. The minimum absolute atomic E-state index is 0.135. The quantitative estimate of drug-likeness (QED) is 0.709. The van der Waals surface area contributed by atoms with E-state index in [0.29, 0.717) is 24.5 Å². The van der Waals surface area contributed by atoms with Gasteiger partial charge in [-0.2, -0.15) is 0 Å². The Labute approximate surface area is 124 Å². The SMILES string of the molecule is COCCNC(=O)C(C)Nc1ccnc(C(=O)N(C)C)c1. The number of ether oxygens (including phenoxy) is 1. The fourth-order valence-electron chi connectivity index (χ4n) is 1.61. The van der Waals surface area contributed by atoms with Crippen LogP contribution in [0, 0.1) is 0 Å². The van der Waals surface area contributed by atoms with Crippen LogP contribution in [0.1, 0.15) is 17.4 Å².